The molecule has 0 radical (unpaired) electrons. The van der Waals surface area contributed by atoms with Gasteiger partial charge < -0.3 is 0 Å². The van der Waals surface area contributed by atoms with Gasteiger partial charge in [0.05, 0.1) is 8.07 Å². The van der Waals surface area contributed by atoms with E-state index in [4.69, 9.17) is 0 Å². The van der Waals surface area contributed by atoms with Crippen molar-refractivity contribution in [3.05, 3.63) is 11.3 Å². The van der Waals surface area contributed by atoms with Crippen LogP contribution in [0.3, 0.4) is 0 Å². The number of hydrogen-bond donors (Lipinski definition) is 0. The van der Waals surface area contributed by atoms with Gasteiger partial charge in [0, 0.05) is 5.33 Å². The molecule has 0 aromatic carbocycles. The van der Waals surface area contributed by atoms with Crippen LogP contribution in [0, 0.1) is 5.92 Å². The Labute approximate surface area is 80.2 Å². The van der Waals surface area contributed by atoms with Crippen molar-refractivity contribution in [3.63, 3.8) is 0 Å². The fourth-order valence-corrected chi connectivity index (χ4v) is 4.59. The molecule has 0 rings (SSSR count). The molecule has 0 nitrogen and oxygen atoms in total. The Balaban J connectivity index is 4.49. The predicted molar refractivity (Wildman–Crippen MR) is 60.1 cm³/mol. The summed E-state index contributed by atoms with van der Waals surface area (Å²) in [5.74, 6) is 0.721. The summed E-state index contributed by atoms with van der Waals surface area (Å²) >= 11 is 3.46. The van der Waals surface area contributed by atoms with E-state index in [1.807, 2.05) is 0 Å². The highest BCUT2D eigenvalue weighted by molar-refractivity contribution is 9.09. The zero-order valence-electron chi connectivity index (χ0n) is 8.24. The van der Waals surface area contributed by atoms with E-state index in [1.165, 1.54) is 0 Å². The standard InChI is InChI=1S/C9H19BrSi/c1-8(2)9(6-7-10)11(3,4)5/h6,8H,7H2,1-5H3/b9-6-. The SMILES string of the molecule is CC(C)/C(=C/CBr)[Si](C)(C)C. The molecule has 0 aromatic heterocycles. The normalized spacial score (nSPS) is 14.3. The molecule has 0 N–H and O–H groups in total. The van der Waals surface area contributed by atoms with Crippen molar-refractivity contribution in [2.75, 3.05) is 5.33 Å². The Morgan fingerprint density at radius 1 is 1.36 bits per heavy atom. The average Bonchev–Trinajstić information content (AvgIpc) is 1.79. The summed E-state index contributed by atoms with van der Waals surface area (Å²) in [5, 5.41) is 2.68. The molecule has 0 aliphatic carbocycles. The van der Waals surface area contributed by atoms with Gasteiger partial charge in [0.25, 0.3) is 0 Å². The third-order valence-corrected chi connectivity index (χ3v) is 4.62. The van der Waals surface area contributed by atoms with Crippen LogP contribution in [0.4, 0.5) is 0 Å². The molecule has 0 unspecified atom stereocenters. The molecule has 0 heterocycles. The highest BCUT2D eigenvalue weighted by atomic mass is 79.9. The smallest absolute Gasteiger partial charge is 0.0723 e. The van der Waals surface area contributed by atoms with E-state index in [9.17, 15) is 0 Å². The van der Waals surface area contributed by atoms with Gasteiger partial charge in [-0.1, -0.05) is 60.7 Å². The van der Waals surface area contributed by atoms with Gasteiger partial charge in [0.2, 0.25) is 0 Å². The highest BCUT2D eigenvalue weighted by Gasteiger charge is 2.20. The van der Waals surface area contributed by atoms with Crippen LogP contribution in [0.15, 0.2) is 11.3 Å². The summed E-state index contributed by atoms with van der Waals surface area (Å²) in [5.41, 5.74) is 0. The number of allylic oxidation sites excluding steroid dienone is 2. The maximum atomic E-state index is 3.46. The Bertz CT molecular complexity index is 142. The number of hydrogen-bond acceptors (Lipinski definition) is 0. The minimum absolute atomic E-state index is 0.721. The molecule has 0 amide bonds. The van der Waals surface area contributed by atoms with Crippen LogP contribution in [-0.4, -0.2) is 13.4 Å². The number of halogens is 1. The zero-order valence-corrected chi connectivity index (χ0v) is 10.8. The van der Waals surface area contributed by atoms with Crippen LogP contribution >= 0.6 is 15.9 Å². The molecule has 0 aliphatic heterocycles. The summed E-state index contributed by atoms with van der Waals surface area (Å²) in [6.45, 7) is 11.8. The lowest BCUT2D eigenvalue weighted by molar-refractivity contribution is 0.802. The molecule has 0 fully saturated rings. The van der Waals surface area contributed by atoms with Gasteiger partial charge in [-0.2, -0.15) is 0 Å². The van der Waals surface area contributed by atoms with Crippen molar-refractivity contribution in [3.8, 4) is 0 Å². The Kier molecular flexibility index (Phi) is 4.64. The predicted octanol–water partition coefficient (Wildman–Crippen LogP) is 3.84. The molecule has 66 valence electrons. The Morgan fingerprint density at radius 3 is 1.91 bits per heavy atom. The van der Waals surface area contributed by atoms with E-state index in [-0.39, 0.29) is 0 Å². The number of alkyl halides is 1. The Morgan fingerprint density at radius 2 is 1.82 bits per heavy atom. The lowest BCUT2D eigenvalue weighted by atomic mass is 10.2. The van der Waals surface area contributed by atoms with Gasteiger partial charge in [-0.25, -0.2) is 0 Å². The van der Waals surface area contributed by atoms with E-state index >= 15 is 0 Å². The maximum Gasteiger partial charge on any atom is 0.0723 e. The minimum atomic E-state index is -1.04. The van der Waals surface area contributed by atoms with E-state index in [2.05, 4.69) is 55.5 Å². The minimum Gasteiger partial charge on any atom is -0.0883 e. The molecule has 0 aliphatic rings. The molecule has 0 aromatic rings. The first-order valence-electron chi connectivity index (χ1n) is 4.16. The second-order valence-corrected chi connectivity index (χ2v) is 9.94. The summed E-state index contributed by atoms with van der Waals surface area (Å²) < 4.78 is 0. The van der Waals surface area contributed by atoms with Crippen molar-refractivity contribution in [2.24, 2.45) is 5.92 Å². The first kappa shape index (κ1) is 11.4. The summed E-state index contributed by atoms with van der Waals surface area (Å²) in [6.07, 6.45) is 2.34. The fourth-order valence-electron chi connectivity index (χ4n) is 1.49. The van der Waals surface area contributed by atoms with Crippen molar-refractivity contribution in [1.29, 1.82) is 0 Å². The van der Waals surface area contributed by atoms with E-state index in [0.29, 0.717) is 0 Å². The lowest BCUT2D eigenvalue weighted by Gasteiger charge is -2.24. The maximum absolute atomic E-state index is 3.46. The second kappa shape index (κ2) is 4.46. The average molecular weight is 235 g/mol. The van der Waals surface area contributed by atoms with Crippen molar-refractivity contribution in [1.82, 2.24) is 0 Å². The molecular formula is C9H19BrSi. The first-order valence-corrected chi connectivity index (χ1v) is 8.78. The van der Waals surface area contributed by atoms with Gasteiger partial charge in [0.15, 0.2) is 0 Å². The number of rotatable bonds is 3. The molecule has 0 bridgehead atoms. The third kappa shape index (κ3) is 4.11. The van der Waals surface area contributed by atoms with Crippen LogP contribution in [-0.2, 0) is 0 Å². The van der Waals surface area contributed by atoms with Gasteiger partial charge in [-0.05, 0) is 5.92 Å². The monoisotopic (exact) mass is 234 g/mol. The van der Waals surface area contributed by atoms with Crippen LogP contribution in [0.25, 0.3) is 0 Å². The molecule has 0 atom stereocenters. The van der Waals surface area contributed by atoms with Crippen molar-refractivity contribution in [2.45, 2.75) is 33.5 Å². The molecule has 2 heteroatoms. The molecular weight excluding hydrogens is 216 g/mol. The summed E-state index contributed by atoms with van der Waals surface area (Å²) in [4.78, 5) is 0. The second-order valence-electron chi connectivity index (χ2n) is 4.22. The third-order valence-electron chi connectivity index (χ3n) is 1.79. The largest absolute Gasteiger partial charge is 0.0883 e. The van der Waals surface area contributed by atoms with Crippen LogP contribution in [0.5, 0.6) is 0 Å². The van der Waals surface area contributed by atoms with Gasteiger partial charge >= 0.3 is 0 Å². The molecule has 0 spiro atoms. The molecule has 11 heavy (non-hydrogen) atoms. The topological polar surface area (TPSA) is 0 Å². The van der Waals surface area contributed by atoms with Gasteiger partial charge in [-0.15, -0.1) is 0 Å². The highest BCUT2D eigenvalue weighted by Crippen LogP contribution is 2.22. The lowest BCUT2D eigenvalue weighted by Crippen LogP contribution is -2.27. The Hall–Kier alpha value is 0.437. The van der Waals surface area contributed by atoms with E-state index in [1.54, 1.807) is 5.20 Å². The van der Waals surface area contributed by atoms with Gasteiger partial charge in [-0.3, -0.25) is 0 Å². The summed E-state index contributed by atoms with van der Waals surface area (Å²) in [7, 11) is -1.04. The fraction of sp³-hybridized carbons (Fsp3) is 0.778. The van der Waals surface area contributed by atoms with E-state index in [0.717, 1.165) is 11.2 Å². The van der Waals surface area contributed by atoms with Crippen LogP contribution in [0.2, 0.25) is 19.6 Å². The van der Waals surface area contributed by atoms with Crippen molar-refractivity contribution >= 4 is 24.0 Å². The first-order chi connectivity index (χ1) is 4.89. The zero-order chi connectivity index (χ0) is 9.07. The van der Waals surface area contributed by atoms with Crippen LogP contribution in [0.1, 0.15) is 13.8 Å². The molecule has 0 saturated carbocycles. The quantitative estimate of drug-likeness (QED) is 0.515. The van der Waals surface area contributed by atoms with Crippen molar-refractivity contribution < 1.29 is 0 Å². The molecule has 0 saturated heterocycles. The van der Waals surface area contributed by atoms with Crippen LogP contribution < -0.4 is 0 Å². The van der Waals surface area contributed by atoms with E-state index < -0.39 is 8.07 Å². The summed E-state index contributed by atoms with van der Waals surface area (Å²) in [6, 6.07) is 0. The van der Waals surface area contributed by atoms with Gasteiger partial charge in [0.1, 0.15) is 0 Å².